The molecular weight excluding hydrogens is 328 g/mol. The van der Waals surface area contributed by atoms with Crippen LogP contribution in [0.2, 0.25) is 0 Å². The van der Waals surface area contributed by atoms with Crippen LogP contribution in [0.3, 0.4) is 0 Å². The highest BCUT2D eigenvalue weighted by atomic mass is 32.2. The minimum atomic E-state index is -1.13. The molecular formula is C22H32O2S. The molecule has 2 nitrogen and oxygen atoms in total. The van der Waals surface area contributed by atoms with Gasteiger partial charge in [-0.2, -0.15) is 0 Å². The molecule has 1 fully saturated rings. The first-order valence-electron chi connectivity index (χ1n) is 9.55. The Kier molecular flexibility index (Phi) is 7.18. The summed E-state index contributed by atoms with van der Waals surface area (Å²) in [5, 5.41) is -0.0919. The maximum absolute atomic E-state index is 13.3. The van der Waals surface area contributed by atoms with Crippen LogP contribution in [0.1, 0.15) is 64.9 Å². The average molecular weight is 361 g/mol. The van der Waals surface area contributed by atoms with E-state index in [9.17, 15) is 9.00 Å². The van der Waals surface area contributed by atoms with E-state index in [0.717, 1.165) is 17.7 Å². The van der Waals surface area contributed by atoms with Crippen molar-refractivity contribution in [2.75, 3.05) is 0 Å². The van der Waals surface area contributed by atoms with Gasteiger partial charge in [0, 0.05) is 16.7 Å². The van der Waals surface area contributed by atoms with E-state index in [1.807, 2.05) is 45.0 Å². The SMILES string of the molecule is CCCCC/C=C/C(C1CCC(=O)C1(C)C)S(=O)c1ccc(C)cc1. The number of hydrogen-bond acceptors (Lipinski definition) is 2. The lowest BCUT2D eigenvalue weighted by Gasteiger charge is -2.31. The van der Waals surface area contributed by atoms with Gasteiger partial charge >= 0.3 is 0 Å². The molecule has 0 spiro atoms. The number of hydrogen-bond donors (Lipinski definition) is 0. The van der Waals surface area contributed by atoms with Crippen LogP contribution in [0.4, 0.5) is 0 Å². The van der Waals surface area contributed by atoms with Crippen LogP contribution < -0.4 is 0 Å². The fraction of sp³-hybridized carbons (Fsp3) is 0.591. The fourth-order valence-electron chi connectivity index (χ4n) is 3.68. The smallest absolute Gasteiger partial charge is 0.138 e. The second-order valence-corrected chi connectivity index (χ2v) is 9.40. The number of ketones is 1. The summed E-state index contributed by atoms with van der Waals surface area (Å²) in [5.41, 5.74) is 0.780. The van der Waals surface area contributed by atoms with E-state index in [0.29, 0.717) is 12.2 Å². The molecule has 1 aromatic carbocycles. The molecule has 1 aliphatic rings. The van der Waals surface area contributed by atoms with Crippen LogP contribution in [0, 0.1) is 18.3 Å². The number of rotatable bonds is 8. The molecule has 2 rings (SSSR count). The molecule has 3 unspecified atom stereocenters. The predicted molar refractivity (Wildman–Crippen MR) is 106 cm³/mol. The molecule has 0 heterocycles. The molecule has 0 aromatic heterocycles. The molecule has 3 atom stereocenters. The molecule has 0 bridgehead atoms. The molecule has 1 aliphatic carbocycles. The summed E-state index contributed by atoms with van der Waals surface area (Å²) in [5.74, 6) is 0.451. The zero-order valence-corrected chi connectivity index (χ0v) is 16.9. The Labute approximate surface area is 155 Å². The van der Waals surface area contributed by atoms with Crippen molar-refractivity contribution >= 4 is 16.6 Å². The topological polar surface area (TPSA) is 34.1 Å². The maximum Gasteiger partial charge on any atom is 0.138 e. The van der Waals surface area contributed by atoms with E-state index >= 15 is 0 Å². The van der Waals surface area contributed by atoms with Gasteiger partial charge in [-0.05, 0) is 44.2 Å². The van der Waals surface area contributed by atoms with Crippen LogP contribution in [0.15, 0.2) is 41.3 Å². The van der Waals surface area contributed by atoms with Gasteiger partial charge in [-0.25, -0.2) is 0 Å². The minimum absolute atomic E-state index is 0.0919. The molecule has 25 heavy (non-hydrogen) atoms. The van der Waals surface area contributed by atoms with Gasteiger partial charge in [0.15, 0.2) is 0 Å². The summed E-state index contributed by atoms with van der Waals surface area (Å²) in [4.78, 5) is 13.2. The zero-order valence-electron chi connectivity index (χ0n) is 16.1. The first kappa shape index (κ1) is 20.1. The molecule has 3 heteroatoms. The first-order valence-corrected chi connectivity index (χ1v) is 10.8. The highest BCUT2D eigenvalue weighted by Gasteiger charge is 2.46. The van der Waals surface area contributed by atoms with Crippen molar-refractivity contribution in [1.82, 2.24) is 0 Å². The fourth-order valence-corrected chi connectivity index (χ4v) is 5.43. The summed E-state index contributed by atoms with van der Waals surface area (Å²) in [7, 11) is -1.13. The molecule has 138 valence electrons. The van der Waals surface area contributed by atoms with Gasteiger partial charge in [0.05, 0.1) is 16.0 Å². The largest absolute Gasteiger partial charge is 0.299 e. The van der Waals surface area contributed by atoms with Gasteiger partial charge in [0.25, 0.3) is 0 Å². The average Bonchev–Trinajstić information content (AvgIpc) is 2.85. The van der Waals surface area contributed by atoms with Gasteiger partial charge in [-0.15, -0.1) is 0 Å². The van der Waals surface area contributed by atoms with Crippen LogP contribution >= 0.6 is 0 Å². The van der Waals surface area contributed by atoms with E-state index in [-0.39, 0.29) is 11.2 Å². The molecule has 0 radical (unpaired) electrons. The van der Waals surface area contributed by atoms with Gasteiger partial charge in [-0.3, -0.25) is 9.00 Å². The van der Waals surface area contributed by atoms with Crippen LogP contribution in [0.5, 0.6) is 0 Å². The predicted octanol–water partition coefficient (Wildman–Crippen LogP) is 5.61. The molecule has 0 amide bonds. The number of allylic oxidation sites excluding steroid dienone is 1. The Morgan fingerprint density at radius 1 is 1.24 bits per heavy atom. The highest BCUT2D eigenvalue weighted by molar-refractivity contribution is 7.85. The van der Waals surface area contributed by atoms with Crippen molar-refractivity contribution in [1.29, 1.82) is 0 Å². The Morgan fingerprint density at radius 3 is 2.48 bits per heavy atom. The Bertz CT molecular complexity index is 628. The summed E-state index contributed by atoms with van der Waals surface area (Å²) in [6, 6.07) is 7.96. The van der Waals surface area contributed by atoms with Crippen molar-refractivity contribution in [2.45, 2.75) is 76.4 Å². The molecule has 0 aliphatic heterocycles. The molecule has 0 saturated heterocycles. The van der Waals surface area contributed by atoms with E-state index < -0.39 is 16.2 Å². The first-order chi connectivity index (χ1) is 11.9. The van der Waals surface area contributed by atoms with Crippen LogP contribution in [-0.2, 0) is 15.6 Å². The number of carbonyl (C=O) groups is 1. The van der Waals surface area contributed by atoms with E-state index in [4.69, 9.17) is 0 Å². The normalized spacial score (nSPS) is 22.4. The maximum atomic E-state index is 13.3. The summed E-state index contributed by atoms with van der Waals surface area (Å²) >= 11 is 0. The third kappa shape index (κ3) is 4.91. The third-order valence-corrected chi connectivity index (χ3v) is 7.24. The van der Waals surface area contributed by atoms with Gasteiger partial charge in [-0.1, -0.05) is 63.5 Å². The minimum Gasteiger partial charge on any atom is -0.299 e. The van der Waals surface area contributed by atoms with E-state index in [1.54, 1.807) is 0 Å². The number of Topliss-reactive ketones (excluding diaryl/α,β-unsaturated/α-hetero) is 1. The second-order valence-electron chi connectivity index (χ2n) is 7.79. The van der Waals surface area contributed by atoms with Crippen molar-refractivity contribution in [3.63, 3.8) is 0 Å². The van der Waals surface area contributed by atoms with E-state index in [2.05, 4.69) is 19.1 Å². The van der Waals surface area contributed by atoms with Crippen molar-refractivity contribution < 1.29 is 9.00 Å². The number of carbonyl (C=O) groups excluding carboxylic acids is 1. The van der Waals surface area contributed by atoms with Gasteiger partial charge in [0.2, 0.25) is 0 Å². The Hall–Kier alpha value is -1.22. The second kappa shape index (κ2) is 8.93. The van der Waals surface area contributed by atoms with E-state index in [1.165, 1.54) is 24.8 Å². The number of aryl methyl sites for hydroxylation is 1. The molecule has 0 N–H and O–H groups in total. The van der Waals surface area contributed by atoms with Crippen molar-refractivity contribution in [2.24, 2.45) is 11.3 Å². The molecule has 1 saturated carbocycles. The van der Waals surface area contributed by atoms with Crippen LogP contribution in [-0.4, -0.2) is 15.2 Å². The monoisotopic (exact) mass is 360 g/mol. The lowest BCUT2D eigenvalue weighted by Crippen LogP contribution is -2.35. The lowest BCUT2D eigenvalue weighted by molar-refractivity contribution is -0.125. The lowest BCUT2D eigenvalue weighted by atomic mass is 9.79. The quantitative estimate of drug-likeness (QED) is 0.446. The molecule has 1 aromatic rings. The van der Waals surface area contributed by atoms with Crippen LogP contribution in [0.25, 0.3) is 0 Å². The zero-order chi connectivity index (χ0) is 18.4. The summed E-state index contributed by atoms with van der Waals surface area (Å²) in [6.45, 7) is 8.29. The number of benzene rings is 1. The third-order valence-electron chi connectivity index (χ3n) is 5.53. The Morgan fingerprint density at radius 2 is 1.92 bits per heavy atom. The van der Waals surface area contributed by atoms with Gasteiger partial charge in [0.1, 0.15) is 5.78 Å². The number of unbranched alkanes of at least 4 members (excludes halogenated alkanes) is 3. The van der Waals surface area contributed by atoms with Crippen molar-refractivity contribution in [3.8, 4) is 0 Å². The standard InChI is InChI=1S/C22H32O2S/c1-5-6-7-8-9-10-20(19-15-16-21(23)22(19,3)4)25(24)18-13-11-17(2)12-14-18/h9-14,19-20H,5-8,15-16H2,1-4H3/b10-9+. The van der Waals surface area contributed by atoms with Crippen molar-refractivity contribution in [3.05, 3.63) is 42.0 Å². The highest BCUT2D eigenvalue weighted by Crippen LogP contribution is 2.44. The van der Waals surface area contributed by atoms with Gasteiger partial charge < -0.3 is 0 Å². The summed E-state index contributed by atoms with van der Waals surface area (Å²) in [6.07, 6.45) is 10.4. The summed E-state index contributed by atoms with van der Waals surface area (Å²) < 4.78 is 13.3. The Balaban J connectivity index is 2.24.